The van der Waals surface area contributed by atoms with E-state index in [2.05, 4.69) is 6.07 Å². The Morgan fingerprint density at radius 2 is 2.17 bits per heavy atom. The summed E-state index contributed by atoms with van der Waals surface area (Å²) >= 11 is 5.87. The summed E-state index contributed by atoms with van der Waals surface area (Å²) in [6.07, 6.45) is 0.899. The van der Waals surface area contributed by atoms with Crippen molar-refractivity contribution < 1.29 is 4.79 Å². The van der Waals surface area contributed by atoms with Crippen LogP contribution in [0.1, 0.15) is 12.0 Å². The number of nitrogens with zero attached hydrogens (tertiary/aromatic N) is 3. The van der Waals surface area contributed by atoms with Crippen LogP contribution in [0.25, 0.3) is 0 Å². The van der Waals surface area contributed by atoms with Gasteiger partial charge in [0.05, 0.1) is 17.8 Å². The molecular weight excluding hydrogens is 250 g/mol. The van der Waals surface area contributed by atoms with Gasteiger partial charge in [0.2, 0.25) is 5.91 Å². The number of carbonyl (C=O) groups is 1. The molecule has 0 aliphatic carbocycles. The first-order valence-electron chi connectivity index (χ1n) is 5.80. The summed E-state index contributed by atoms with van der Waals surface area (Å²) < 4.78 is 0. The Balaban J connectivity index is 2.31. The van der Waals surface area contributed by atoms with Crippen LogP contribution in [0, 0.1) is 11.3 Å². The SMILES string of the molecule is CN1CCCN(c2ccc(Cl)cc2C#N)CC1=O. The van der Waals surface area contributed by atoms with Crippen LogP contribution in [-0.2, 0) is 4.79 Å². The fourth-order valence-corrected chi connectivity index (χ4v) is 2.24. The molecule has 0 N–H and O–H groups in total. The molecule has 0 spiro atoms. The van der Waals surface area contributed by atoms with E-state index in [0.29, 0.717) is 17.1 Å². The molecule has 1 saturated heterocycles. The Bertz CT molecular complexity index is 509. The molecule has 2 rings (SSSR count). The van der Waals surface area contributed by atoms with Gasteiger partial charge in [0, 0.05) is 25.2 Å². The summed E-state index contributed by atoms with van der Waals surface area (Å²) in [5, 5.41) is 9.67. The summed E-state index contributed by atoms with van der Waals surface area (Å²) in [5.41, 5.74) is 1.30. The number of hydrogen-bond donors (Lipinski definition) is 0. The van der Waals surface area contributed by atoms with Crippen LogP contribution in [-0.4, -0.2) is 37.5 Å². The number of rotatable bonds is 1. The van der Waals surface area contributed by atoms with E-state index in [-0.39, 0.29) is 5.91 Å². The van der Waals surface area contributed by atoms with Gasteiger partial charge in [-0.3, -0.25) is 4.79 Å². The minimum Gasteiger partial charge on any atom is -0.361 e. The van der Waals surface area contributed by atoms with Crippen LogP contribution in [0.2, 0.25) is 5.02 Å². The van der Waals surface area contributed by atoms with Gasteiger partial charge in [0.25, 0.3) is 0 Å². The number of hydrogen-bond acceptors (Lipinski definition) is 3. The second-order valence-electron chi connectivity index (χ2n) is 4.36. The van der Waals surface area contributed by atoms with Crippen LogP contribution in [0.4, 0.5) is 5.69 Å². The number of halogens is 1. The molecule has 0 atom stereocenters. The van der Waals surface area contributed by atoms with Crippen LogP contribution in [0.5, 0.6) is 0 Å². The topological polar surface area (TPSA) is 47.3 Å². The van der Waals surface area contributed by atoms with Gasteiger partial charge in [-0.05, 0) is 24.6 Å². The Morgan fingerprint density at radius 3 is 2.89 bits per heavy atom. The molecular formula is C13H14ClN3O. The van der Waals surface area contributed by atoms with E-state index >= 15 is 0 Å². The van der Waals surface area contributed by atoms with Crippen molar-refractivity contribution in [2.24, 2.45) is 0 Å². The highest BCUT2D eigenvalue weighted by Gasteiger charge is 2.20. The van der Waals surface area contributed by atoms with E-state index in [1.807, 2.05) is 4.90 Å². The van der Waals surface area contributed by atoms with Crippen LogP contribution in [0.15, 0.2) is 18.2 Å². The van der Waals surface area contributed by atoms with Crippen LogP contribution in [0.3, 0.4) is 0 Å². The fraction of sp³-hybridized carbons (Fsp3) is 0.385. The second kappa shape index (κ2) is 5.28. The predicted molar refractivity (Wildman–Crippen MR) is 70.6 cm³/mol. The third-order valence-electron chi connectivity index (χ3n) is 3.09. The van der Waals surface area contributed by atoms with Crippen molar-refractivity contribution in [3.8, 4) is 6.07 Å². The molecule has 1 aliphatic rings. The number of amides is 1. The highest BCUT2D eigenvalue weighted by atomic mass is 35.5. The second-order valence-corrected chi connectivity index (χ2v) is 4.80. The number of carbonyl (C=O) groups excluding carboxylic acids is 1. The fourth-order valence-electron chi connectivity index (χ4n) is 2.07. The Kier molecular flexibility index (Phi) is 3.73. The summed E-state index contributed by atoms with van der Waals surface area (Å²) in [6.45, 7) is 1.84. The van der Waals surface area contributed by atoms with Gasteiger partial charge in [-0.2, -0.15) is 5.26 Å². The van der Waals surface area contributed by atoms with Gasteiger partial charge in [0.15, 0.2) is 0 Å². The molecule has 0 aromatic heterocycles. The van der Waals surface area contributed by atoms with Gasteiger partial charge in [-0.25, -0.2) is 0 Å². The zero-order valence-corrected chi connectivity index (χ0v) is 10.9. The molecule has 18 heavy (non-hydrogen) atoms. The molecule has 1 heterocycles. The molecule has 1 aromatic rings. The lowest BCUT2D eigenvalue weighted by Crippen LogP contribution is -2.34. The molecule has 0 unspecified atom stereocenters. The predicted octanol–water partition coefficient (Wildman–Crippen LogP) is 1.88. The lowest BCUT2D eigenvalue weighted by molar-refractivity contribution is -0.127. The minimum absolute atomic E-state index is 0.0753. The van der Waals surface area contributed by atoms with Crippen LogP contribution < -0.4 is 4.90 Å². The van der Waals surface area contributed by atoms with E-state index in [1.165, 1.54) is 0 Å². The van der Waals surface area contributed by atoms with E-state index in [4.69, 9.17) is 16.9 Å². The molecule has 1 fully saturated rings. The van der Waals surface area contributed by atoms with E-state index in [1.54, 1.807) is 30.1 Å². The average molecular weight is 264 g/mol. The number of nitriles is 1. The summed E-state index contributed by atoms with van der Waals surface area (Å²) in [6, 6.07) is 7.32. The molecule has 4 nitrogen and oxygen atoms in total. The zero-order chi connectivity index (χ0) is 13.1. The minimum atomic E-state index is 0.0753. The first-order chi connectivity index (χ1) is 8.61. The number of anilines is 1. The third kappa shape index (κ3) is 2.57. The van der Waals surface area contributed by atoms with Gasteiger partial charge >= 0.3 is 0 Å². The normalized spacial score (nSPS) is 16.4. The van der Waals surface area contributed by atoms with Gasteiger partial charge in [-0.15, -0.1) is 0 Å². The Hall–Kier alpha value is -1.73. The maximum absolute atomic E-state index is 11.8. The smallest absolute Gasteiger partial charge is 0.241 e. The average Bonchev–Trinajstić information content (AvgIpc) is 2.52. The van der Waals surface area contributed by atoms with Gasteiger partial charge < -0.3 is 9.80 Å². The summed E-state index contributed by atoms with van der Waals surface area (Å²) in [5.74, 6) is 0.0753. The third-order valence-corrected chi connectivity index (χ3v) is 3.33. The molecule has 0 saturated carbocycles. The largest absolute Gasteiger partial charge is 0.361 e. The highest BCUT2D eigenvalue weighted by Crippen LogP contribution is 2.24. The van der Waals surface area contributed by atoms with Crippen molar-refractivity contribution in [1.29, 1.82) is 5.26 Å². The monoisotopic (exact) mass is 263 g/mol. The standard InChI is InChI=1S/C13H14ClN3O/c1-16-5-2-6-17(9-13(16)18)12-4-3-11(14)7-10(12)8-15/h3-4,7H,2,5-6,9H2,1H3. The lowest BCUT2D eigenvalue weighted by atomic mass is 10.1. The van der Waals surface area contributed by atoms with Crippen molar-refractivity contribution in [3.63, 3.8) is 0 Å². The first kappa shape index (κ1) is 12.7. The van der Waals surface area contributed by atoms with E-state index in [0.717, 1.165) is 25.2 Å². The van der Waals surface area contributed by atoms with Crippen molar-refractivity contribution in [3.05, 3.63) is 28.8 Å². The van der Waals surface area contributed by atoms with Crippen LogP contribution >= 0.6 is 11.6 Å². The summed E-state index contributed by atoms with van der Waals surface area (Å²) in [4.78, 5) is 15.5. The van der Waals surface area contributed by atoms with Gasteiger partial charge in [0.1, 0.15) is 6.07 Å². The molecule has 94 valence electrons. The Morgan fingerprint density at radius 1 is 1.39 bits per heavy atom. The van der Waals surface area contributed by atoms with Crippen molar-refractivity contribution in [2.45, 2.75) is 6.42 Å². The number of benzene rings is 1. The molecule has 1 amide bonds. The Labute approximate surface area is 111 Å². The van der Waals surface area contributed by atoms with Gasteiger partial charge in [-0.1, -0.05) is 11.6 Å². The summed E-state index contributed by atoms with van der Waals surface area (Å²) in [7, 11) is 1.80. The quantitative estimate of drug-likeness (QED) is 0.777. The number of likely N-dealkylation sites (N-methyl/N-ethyl adjacent to an activating group) is 1. The molecule has 5 heteroatoms. The van der Waals surface area contributed by atoms with Crippen molar-refractivity contribution in [1.82, 2.24) is 4.90 Å². The molecule has 0 bridgehead atoms. The zero-order valence-electron chi connectivity index (χ0n) is 10.2. The first-order valence-corrected chi connectivity index (χ1v) is 6.18. The van der Waals surface area contributed by atoms with E-state index < -0.39 is 0 Å². The lowest BCUT2D eigenvalue weighted by Gasteiger charge is -2.23. The molecule has 0 radical (unpaired) electrons. The van der Waals surface area contributed by atoms with Crippen molar-refractivity contribution in [2.75, 3.05) is 31.6 Å². The molecule has 1 aliphatic heterocycles. The highest BCUT2D eigenvalue weighted by molar-refractivity contribution is 6.30. The maximum Gasteiger partial charge on any atom is 0.241 e. The van der Waals surface area contributed by atoms with Crippen molar-refractivity contribution >= 4 is 23.2 Å². The van der Waals surface area contributed by atoms with E-state index in [9.17, 15) is 4.79 Å². The molecule has 1 aromatic carbocycles. The maximum atomic E-state index is 11.8.